The Kier molecular flexibility index (Phi) is 10.4. The Labute approximate surface area is 226 Å². The van der Waals surface area contributed by atoms with E-state index in [1.54, 1.807) is 24.3 Å². The third-order valence-corrected chi connectivity index (χ3v) is 7.74. The highest BCUT2D eigenvalue weighted by atomic mass is 16.1. The number of carbonyl (C=O) groups excluding carboxylic acids is 2. The van der Waals surface area contributed by atoms with Gasteiger partial charge < -0.3 is 42.5 Å². The maximum Gasteiger partial charge on any atom is 0.196 e. The van der Waals surface area contributed by atoms with Gasteiger partial charge in [-0.3, -0.25) is 9.59 Å². The van der Waals surface area contributed by atoms with Crippen LogP contribution in [0.25, 0.3) is 0 Å². The van der Waals surface area contributed by atoms with Crippen LogP contribution in [0, 0.1) is 0 Å². The molecule has 0 heterocycles. The second kappa shape index (κ2) is 13.3. The number of hydrogen-bond donors (Lipinski definition) is 6. The summed E-state index contributed by atoms with van der Waals surface area (Å²) < 4.78 is 1.61. The van der Waals surface area contributed by atoms with Gasteiger partial charge in [0.2, 0.25) is 0 Å². The Morgan fingerprint density at radius 2 is 1.05 bits per heavy atom. The minimum atomic E-state index is -0.126. The maximum atomic E-state index is 13.7. The molecule has 2 atom stereocenters. The number of anilines is 2. The molecule has 3 rings (SSSR count). The van der Waals surface area contributed by atoms with E-state index in [0.717, 1.165) is 61.3 Å². The molecule has 1 aliphatic rings. The second-order valence-corrected chi connectivity index (χ2v) is 10.8. The molecule has 0 saturated heterocycles. The molecule has 0 radical (unpaired) electrons. The average molecular weight is 529 g/mol. The van der Waals surface area contributed by atoms with E-state index >= 15 is 0 Å². The van der Waals surface area contributed by atoms with Gasteiger partial charge in [-0.05, 0) is 12.1 Å². The monoisotopic (exact) mass is 528 g/mol. The van der Waals surface area contributed by atoms with Crippen LogP contribution in [0.15, 0.2) is 36.4 Å². The van der Waals surface area contributed by atoms with Gasteiger partial charge in [-0.25, -0.2) is 0 Å². The Balaban J connectivity index is 1.90. The predicted octanol–water partition coefficient (Wildman–Crippen LogP) is -1.42. The summed E-state index contributed by atoms with van der Waals surface area (Å²) >= 11 is 0. The average Bonchev–Trinajstić information content (AvgIpc) is 2.88. The quantitative estimate of drug-likeness (QED) is 0.125. The van der Waals surface area contributed by atoms with Crippen LogP contribution >= 0.6 is 0 Å². The highest BCUT2D eigenvalue weighted by Gasteiger charge is 2.34. The first kappa shape index (κ1) is 29.7. The van der Waals surface area contributed by atoms with Gasteiger partial charge >= 0.3 is 0 Å². The second-order valence-electron chi connectivity index (χ2n) is 10.8. The molecule has 10 nitrogen and oxygen atoms in total. The number of hydrogen-bond acceptors (Lipinski definition) is 6. The summed E-state index contributed by atoms with van der Waals surface area (Å²) in [7, 11) is 4.36. The van der Waals surface area contributed by atoms with Crippen molar-refractivity contribution in [2.24, 2.45) is 11.5 Å². The highest BCUT2D eigenvalue weighted by molar-refractivity contribution is 6.31. The van der Waals surface area contributed by atoms with Gasteiger partial charge in [0.1, 0.15) is 26.2 Å². The summed E-state index contributed by atoms with van der Waals surface area (Å²) in [5.74, 6) is -0.252. The van der Waals surface area contributed by atoms with E-state index in [2.05, 4.69) is 36.2 Å². The van der Waals surface area contributed by atoms with Crippen LogP contribution in [0.1, 0.15) is 31.8 Å². The van der Waals surface area contributed by atoms with E-state index in [1.165, 1.54) is 0 Å². The summed E-state index contributed by atoms with van der Waals surface area (Å²) in [6.45, 7) is 9.42. The largest absolute Gasteiger partial charge is 0.379 e. The van der Waals surface area contributed by atoms with Crippen molar-refractivity contribution in [1.82, 2.24) is 0 Å². The standard InChI is InChI=1S/C28H44N8O2/c1-35(15-9-29,16-10-30)19-13-33-23-7-8-24(34-14-20-36(2,17-11-31)18-12-32)26-25(23)27(37)21-5-3-4-6-22(21)28(26)38/h3-8H,9-20,29-32H2,1-2H3/p+4. The third kappa shape index (κ3) is 6.76. The van der Waals surface area contributed by atoms with Crippen LogP contribution in [0.4, 0.5) is 11.4 Å². The molecule has 0 aromatic heterocycles. The number of rotatable bonds is 16. The molecule has 0 amide bonds. The fourth-order valence-electron chi connectivity index (χ4n) is 5.50. The van der Waals surface area contributed by atoms with Crippen molar-refractivity contribution in [1.29, 1.82) is 0 Å². The van der Waals surface area contributed by atoms with E-state index in [0.29, 0.717) is 59.8 Å². The number of nitrogens with zero attached hydrogens (tertiary/aromatic N) is 2. The lowest BCUT2D eigenvalue weighted by Crippen LogP contribution is -2.61. The van der Waals surface area contributed by atoms with Crippen LogP contribution < -0.4 is 33.6 Å². The van der Waals surface area contributed by atoms with Crippen molar-refractivity contribution in [2.45, 2.75) is 0 Å². The normalized spacial score (nSPS) is 15.8. The lowest BCUT2D eigenvalue weighted by Gasteiger charge is -2.34. The SMILES string of the molecule is C[N+](CCN)(CC[NH3+])CCNc1ccc(NCC[N+](C)(CCN)CC[NH3+])c2c1C(=O)c1ccccc1C2=O. The predicted molar refractivity (Wildman–Crippen MR) is 152 cm³/mol. The molecular weight excluding hydrogens is 480 g/mol. The Hall–Kier alpha value is -2.86. The third-order valence-electron chi connectivity index (χ3n) is 7.74. The van der Waals surface area contributed by atoms with Crippen molar-refractivity contribution in [3.8, 4) is 0 Å². The van der Waals surface area contributed by atoms with Crippen molar-refractivity contribution < 1.29 is 30.0 Å². The number of ketones is 2. The molecule has 1 aliphatic carbocycles. The molecule has 0 saturated carbocycles. The maximum absolute atomic E-state index is 13.7. The Morgan fingerprint density at radius 1 is 0.658 bits per heavy atom. The number of quaternary nitrogens is 4. The van der Waals surface area contributed by atoms with E-state index < -0.39 is 0 Å². The van der Waals surface area contributed by atoms with Gasteiger partial charge in [0.05, 0.1) is 64.5 Å². The molecule has 0 fully saturated rings. The molecule has 2 aromatic carbocycles. The van der Waals surface area contributed by atoms with Crippen LogP contribution in [-0.2, 0) is 0 Å². The topological polar surface area (TPSA) is 166 Å². The zero-order valence-electron chi connectivity index (χ0n) is 23.2. The smallest absolute Gasteiger partial charge is 0.196 e. The minimum absolute atomic E-state index is 0.126. The number of fused-ring (bicyclic) bond motifs is 2. The van der Waals surface area contributed by atoms with Crippen molar-refractivity contribution in [3.05, 3.63) is 58.7 Å². The van der Waals surface area contributed by atoms with Crippen molar-refractivity contribution >= 4 is 22.9 Å². The number of nitrogens with two attached hydrogens (primary N) is 2. The molecule has 0 bridgehead atoms. The number of carbonyl (C=O) groups is 2. The first-order chi connectivity index (χ1) is 18.2. The molecule has 10 heteroatoms. The lowest BCUT2D eigenvalue weighted by molar-refractivity contribution is -0.911. The Morgan fingerprint density at radius 3 is 1.39 bits per heavy atom. The van der Waals surface area contributed by atoms with E-state index in [4.69, 9.17) is 11.5 Å². The molecule has 2 unspecified atom stereocenters. The molecule has 12 N–H and O–H groups in total. The summed E-state index contributed by atoms with van der Waals surface area (Å²) in [6, 6.07) is 10.9. The Bertz CT molecular complexity index is 1020. The van der Waals surface area contributed by atoms with E-state index in [1.807, 2.05) is 12.1 Å². The summed E-state index contributed by atoms with van der Waals surface area (Å²) in [6.07, 6.45) is 0. The van der Waals surface area contributed by atoms with Crippen molar-refractivity contribution in [3.63, 3.8) is 0 Å². The van der Waals surface area contributed by atoms with Crippen molar-refractivity contribution in [2.75, 3.05) is 103 Å². The minimum Gasteiger partial charge on any atom is -0.379 e. The zero-order chi connectivity index (χ0) is 27.8. The fraction of sp³-hybridized carbons (Fsp3) is 0.500. The zero-order valence-corrected chi connectivity index (χ0v) is 23.2. The first-order valence-corrected chi connectivity index (χ1v) is 13.7. The molecule has 208 valence electrons. The number of benzene rings is 2. The molecule has 38 heavy (non-hydrogen) atoms. The van der Waals surface area contributed by atoms with Gasteiger partial charge in [0.15, 0.2) is 11.6 Å². The fourth-order valence-corrected chi connectivity index (χ4v) is 5.50. The summed E-state index contributed by atoms with van der Waals surface area (Å²) in [5, 5.41) is 6.93. The van der Waals surface area contributed by atoms with Gasteiger partial charge in [0, 0.05) is 35.6 Å². The molecule has 0 spiro atoms. The molecular formula is C28H48N8O2+4. The highest BCUT2D eigenvalue weighted by Crippen LogP contribution is 2.36. The number of nitrogens with one attached hydrogen (secondary N) is 2. The van der Waals surface area contributed by atoms with Gasteiger partial charge in [-0.1, -0.05) is 24.3 Å². The summed E-state index contributed by atoms with van der Waals surface area (Å²) in [5.41, 5.74) is 22.9. The van der Waals surface area contributed by atoms with Crippen LogP contribution in [0.5, 0.6) is 0 Å². The van der Waals surface area contributed by atoms with Crippen LogP contribution in [0.3, 0.4) is 0 Å². The summed E-state index contributed by atoms with van der Waals surface area (Å²) in [4.78, 5) is 27.4. The molecule has 0 aliphatic heterocycles. The van der Waals surface area contributed by atoms with Gasteiger partial charge in [0.25, 0.3) is 0 Å². The van der Waals surface area contributed by atoms with E-state index in [9.17, 15) is 9.59 Å². The first-order valence-electron chi connectivity index (χ1n) is 13.7. The van der Waals surface area contributed by atoms with Crippen LogP contribution in [-0.4, -0.2) is 113 Å². The van der Waals surface area contributed by atoms with E-state index in [-0.39, 0.29) is 11.6 Å². The van der Waals surface area contributed by atoms with Crippen LogP contribution in [0.2, 0.25) is 0 Å². The number of likely N-dealkylation sites (N-methyl/N-ethyl adjacent to an activating group) is 2. The van der Waals surface area contributed by atoms with Gasteiger partial charge in [-0.15, -0.1) is 0 Å². The molecule has 2 aromatic rings. The van der Waals surface area contributed by atoms with Gasteiger partial charge in [-0.2, -0.15) is 0 Å². The lowest BCUT2D eigenvalue weighted by atomic mass is 9.82.